The molecule has 140 valence electrons. The molecule has 1 aliphatic rings. The second-order valence-electron chi connectivity index (χ2n) is 6.02. The summed E-state index contributed by atoms with van der Waals surface area (Å²) in [5.74, 6) is -4.20. The van der Waals surface area contributed by atoms with Gasteiger partial charge in [0, 0.05) is 24.0 Å². The molecule has 3 heterocycles. The fourth-order valence-corrected chi connectivity index (χ4v) is 3.13. The summed E-state index contributed by atoms with van der Waals surface area (Å²) in [6.45, 7) is 0. The van der Waals surface area contributed by atoms with Gasteiger partial charge in [-0.2, -0.15) is 0 Å². The SMILES string of the molecule is O=C1C(=O)N(c2cc(F)ccc2F)C(c2ccco2)/C1=C(/O)c1ccncc1. The van der Waals surface area contributed by atoms with Crippen LogP contribution >= 0.6 is 0 Å². The van der Waals surface area contributed by atoms with Crippen molar-refractivity contribution in [2.24, 2.45) is 0 Å². The third-order valence-electron chi connectivity index (χ3n) is 4.38. The third kappa shape index (κ3) is 2.75. The molecule has 1 atom stereocenters. The number of hydrogen-bond acceptors (Lipinski definition) is 5. The van der Waals surface area contributed by atoms with Crippen LogP contribution in [0.3, 0.4) is 0 Å². The minimum atomic E-state index is -1.26. The van der Waals surface area contributed by atoms with Gasteiger partial charge in [-0.15, -0.1) is 0 Å². The van der Waals surface area contributed by atoms with E-state index in [1.54, 1.807) is 0 Å². The van der Waals surface area contributed by atoms with Crippen molar-refractivity contribution in [2.75, 3.05) is 4.90 Å². The number of ketones is 1. The van der Waals surface area contributed by atoms with Gasteiger partial charge in [-0.3, -0.25) is 19.5 Å². The van der Waals surface area contributed by atoms with Gasteiger partial charge >= 0.3 is 0 Å². The number of nitrogens with zero attached hydrogens (tertiary/aromatic N) is 2. The summed E-state index contributed by atoms with van der Waals surface area (Å²) in [6, 6.07) is 7.18. The molecule has 6 nitrogen and oxygen atoms in total. The Hall–Kier alpha value is -3.81. The van der Waals surface area contributed by atoms with Crippen LogP contribution < -0.4 is 4.90 Å². The van der Waals surface area contributed by atoms with Crippen LogP contribution in [0.1, 0.15) is 17.4 Å². The number of carbonyl (C=O) groups is 2. The fraction of sp³-hybridized carbons (Fsp3) is 0.0500. The van der Waals surface area contributed by atoms with E-state index < -0.39 is 40.8 Å². The molecule has 0 bridgehead atoms. The summed E-state index contributed by atoms with van der Waals surface area (Å²) in [5, 5.41) is 10.7. The molecule has 0 saturated carbocycles. The fourth-order valence-electron chi connectivity index (χ4n) is 3.13. The van der Waals surface area contributed by atoms with Crippen LogP contribution in [0.4, 0.5) is 14.5 Å². The largest absolute Gasteiger partial charge is 0.507 e. The zero-order chi connectivity index (χ0) is 19.8. The number of amides is 1. The Labute approximate surface area is 157 Å². The number of pyridine rings is 1. The number of rotatable bonds is 3. The number of anilines is 1. The minimum absolute atomic E-state index is 0.110. The van der Waals surface area contributed by atoms with E-state index in [0.717, 1.165) is 23.1 Å². The van der Waals surface area contributed by atoms with Crippen LogP contribution in [0.15, 0.2) is 71.1 Å². The van der Waals surface area contributed by atoms with E-state index in [1.165, 1.54) is 42.9 Å². The normalized spacial score (nSPS) is 18.6. The minimum Gasteiger partial charge on any atom is -0.507 e. The Bertz CT molecular complexity index is 1090. The van der Waals surface area contributed by atoms with Gasteiger partial charge in [-0.05, 0) is 36.4 Å². The van der Waals surface area contributed by atoms with E-state index in [4.69, 9.17) is 4.42 Å². The third-order valence-corrected chi connectivity index (χ3v) is 4.38. The lowest BCUT2D eigenvalue weighted by atomic mass is 9.99. The number of carbonyl (C=O) groups excluding carboxylic acids is 2. The molecule has 1 amide bonds. The highest BCUT2D eigenvalue weighted by Gasteiger charge is 2.49. The van der Waals surface area contributed by atoms with Crippen molar-refractivity contribution >= 4 is 23.1 Å². The van der Waals surface area contributed by atoms with Gasteiger partial charge in [0.05, 0.1) is 17.5 Å². The monoisotopic (exact) mass is 382 g/mol. The summed E-state index contributed by atoms with van der Waals surface area (Å²) in [6.07, 6.45) is 4.11. The Morgan fingerprint density at radius 2 is 1.86 bits per heavy atom. The van der Waals surface area contributed by atoms with Crippen LogP contribution in [0, 0.1) is 11.6 Å². The summed E-state index contributed by atoms with van der Waals surface area (Å²) < 4.78 is 33.5. The molecule has 3 aromatic rings. The zero-order valence-corrected chi connectivity index (χ0v) is 14.2. The van der Waals surface area contributed by atoms with E-state index >= 15 is 0 Å². The van der Waals surface area contributed by atoms with Crippen molar-refractivity contribution in [3.8, 4) is 0 Å². The van der Waals surface area contributed by atoms with Crippen molar-refractivity contribution in [3.63, 3.8) is 0 Å². The second-order valence-corrected chi connectivity index (χ2v) is 6.02. The molecular weight excluding hydrogens is 370 g/mol. The van der Waals surface area contributed by atoms with E-state index in [1.807, 2.05) is 0 Å². The van der Waals surface area contributed by atoms with E-state index in [0.29, 0.717) is 0 Å². The molecule has 1 fully saturated rings. The maximum atomic E-state index is 14.4. The van der Waals surface area contributed by atoms with Gasteiger partial charge < -0.3 is 9.52 Å². The average molecular weight is 382 g/mol. The smallest absolute Gasteiger partial charge is 0.300 e. The first-order chi connectivity index (χ1) is 13.5. The maximum Gasteiger partial charge on any atom is 0.300 e. The molecule has 0 spiro atoms. The highest BCUT2D eigenvalue weighted by molar-refractivity contribution is 6.51. The van der Waals surface area contributed by atoms with Crippen molar-refractivity contribution < 1.29 is 27.9 Å². The zero-order valence-electron chi connectivity index (χ0n) is 14.2. The predicted octanol–water partition coefficient (Wildman–Crippen LogP) is 3.58. The summed E-state index contributed by atoms with van der Waals surface area (Å²) in [4.78, 5) is 30.1. The Morgan fingerprint density at radius 3 is 2.54 bits per heavy atom. The molecule has 4 rings (SSSR count). The Kier molecular flexibility index (Phi) is 4.23. The molecule has 0 aliphatic carbocycles. The van der Waals surface area contributed by atoms with Crippen molar-refractivity contribution in [1.82, 2.24) is 4.98 Å². The number of benzene rings is 1. The summed E-state index contributed by atoms with van der Waals surface area (Å²) >= 11 is 0. The van der Waals surface area contributed by atoms with Crippen molar-refractivity contribution in [3.05, 3.63) is 89.7 Å². The highest BCUT2D eigenvalue weighted by Crippen LogP contribution is 2.43. The Balaban J connectivity index is 1.97. The quantitative estimate of drug-likeness (QED) is 0.425. The van der Waals surface area contributed by atoms with Gasteiger partial charge in [-0.1, -0.05) is 0 Å². The van der Waals surface area contributed by atoms with Gasteiger partial charge in [-0.25, -0.2) is 8.78 Å². The van der Waals surface area contributed by atoms with E-state index in [9.17, 15) is 23.5 Å². The second kappa shape index (κ2) is 6.73. The lowest BCUT2D eigenvalue weighted by molar-refractivity contribution is -0.132. The first kappa shape index (κ1) is 17.6. The number of Topliss-reactive ketones (excluding diaryl/α,β-unsaturated/α-hetero) is 1. The van der Waals surface area contributed by atoms with Crippen LogP contribution in [0.5, 0.6) is 0 Å². The van der Waals surface area contributed by atoms with Crippen LogP contribution in [0.25, 0.3) is 5.76 Å². The summed E-state index contributed by atoms with van der Waals surface area (Å²) in [7, 11) is 0. The van der Waals surface area contributed by atoms with E-state index in [2.05, 4.69) is 4.98 Å². The molecule has 1 saturated heterocycles. The van der Waals surface area contributed by atoms with Crippen LogP contribution in [-0.4, -0.2) is 21.8 Å². The molecule has 1 N–H and O–H groups in total. The predicted molar refractivity (Wildman–Crippen MR) is 94.1 cm³/mol. The lowest BCUT2D eigenvalue weighted by Gasteiger charge is -2.23. The molecule has 2 aromatic heterocycles. The highest BCUT2D eigenvalue weighted by atomic mass is 19.1. The Morgan fingerprint density at radius 1 is 1.11 bits per heavy atom. The standard InChI is InChI=1S/C20H12F2N2O4/c21-12-3-4-13(22)14(10-12)24-17(15-2-1-9-28-15)16(19(26)20(24)27)18(25)11-5-7-23-8-6-11/h1-10,17,25H/b18-16-. The van der Waals surface area contributed by atoms with E-state index in [-0.39, 0.29) is 16.9 Å². The molecule has 8 heteroatoms. The number of aliphatic hydroxyl groups is 1. The molecule has 28 heavy (non-hydrogen) atoms. The first-order valence-electron chi connectivity index (χ1n) is 8.19. The van der Waals surface area contributed by atoms with Gasteiger partial charge in [0.15, 0.2) is 0 Å². The number of halogens is 2. The average Bonchev–Trinajstić information content (AvgIpc) is 3.31. The number of aliphatic hydroxyl groups excluding tert-OH is 1. The first-order valence-corrected chi connectivity index (χ1v) is 8.19. The summed E-state index contributed by atoms with van der Waals surface area (Å²) in [5.41, 5.74) is -0.489. The lowest BCUT2D eigenvalue weighted by Crippen LogP contribution is -2.30. The van der Waals surface area contributed by atoms with Crippen LogP contribution in [-0.2, 0) is 9.59 Å². The number of aromatic nitrogens is 1. The van der Waals surface area contributed by atoms with Gasteiger partial charge in [0.25, 0.3) is 11.7 Å². The number of hydrogen-bond donors (Lipinski definition) is 1. The van der Waals surface area contributed by atoms with Crippen LogP contribution in [0.2, 0.25) is 0 Å². The molecule has 1 unspecified atom stereocenters. The van der Waals surface area contributed by atoms with Crippen molar-refractivity contribution in [1.29, 1.82) is 0 Å². The molecular formula is C20H12F2N2O4. The number of furan rings is 1. The van der Waals surface area contributed by atoms with Crippen molar-refractivity contribution in [2.45, 2.75) is 6.04 Å². The molecule has 0 radical (unpaired) electrons. The maximum absolute atomic E-state index is 14.4. The molecule has 1 aromatic carbocycles. The molecule has 1 aliphatic heterocycles. The topological polar surface area (TPSA) is 83.6 Å². The van der Waals surface area contributed by atoms with Gasteiger partial charge in [0.2, 0.25) is 0 Å². The van der Waals surface area contributed by atoms with Gasteiger partial charge in [0.1, 0.15) is 29.2 Å².